The van der Waals surface area contributed by atoms with Crippen molar-refractivity contribution in [2.75, 3.05) is 5.75 Å². The fourth-order valence-electron chi connectivity index (χ4n) is 2.34. The van der Waals surface area contributed by atoms with Crippen molar-refractivity contribution in [1.29, 1.82) is 0 Å². The molecule has 0 fully saturated rings. The van der Waals surface area contributed by atoms with E-state index in [4.69, 9.17) is 4.74 Å². The second-order valence-electron chi connectivity index (χ2n) is 5.86. The summed E-state index contributed by atoms with van der Waals surface area (Å²) in [6.07, 6.45) is 1.54. The van der Waals surface area contributed by atoms with Gasteiger partial charge in [0.2, 0.25) is 5.91 Å². The molecule has 0 atom stereocenters. The zero-order valence-corrected chi connectivity index (χ0v) is 15.9. The summed E-state index contributed by atoms with van der Waals surface area (Å²) < 4.78 is 19.3. The van der Waals surface area contributed by atoms with E-state index in [9.17, 15) is 9.18 Å². The van der Waals surface area contributed by atoms with Crippen LogP contribution in [0.3, 0.4) is 0 Å². The first-order valence-electron chi connectivity index (χ1n) is 8.67. The Balaban J connectivity index is 1.47. The van der Waals surface area contributed by atoms with Crippen molar-refractivity contribution in [1.82, 2.24) is 5.43 Å². The molecule has 0 saturated heterocycles. The molecule has 0 aliphatic rings. The first kappa shape index (κ1) is 19.6. The number of thioether (sulfide) groups is 1. The average molecular weight is 394 g/mol. The molecule has 1 amide bonds. The lowest BCUT2D eigenvalue weighted by molar-refractivity contribution is -0.118. The number of carbonyl (C=O) groups excluding carboxylic acids is 1. The zero-order chi connectivity index (χ0) is 19.6. The number of hydrogen-bond donors (Lipinski definition) is 1. The molecule has 0 saturated carbocycles. The maximum atomic E-state index is 13.5. The number of nitrogens with zero attached hydrogens (tertiary/aromatic N) is 1. The number of hydrogen-bond acceptors (Lipinski definition) is 4. The van der Waals surface area contributed by atoms with Gasteiger partial charge >= 0.3 is 0 Å². The van der Waals surface area contributed by atoms with E-state index < -0.39 is 0 Å². The van der Waals surface area contributed by atoms with Gasteiger partial charge in [-0.3, -0.25) is 4.79 Å². The first-order valence-corrected chi connectivity index (χ1v) is 9.65. The van der Waals surface area contributed by atoms with Gasteiger partial charge in [-0.1, -0.05) is 54.6 Å². The molecule has 0 spiro atoms. The Morgan fingerprint density at radius 1 is 1.04 bits per heavy atom. The standard InChI is InChI=1S/C22H19FN2O2S/c23-20-11-4-5-12-21(20)28-16-22(26)25-24-14-18-9-6-10-19(13-18)27-15-17-7-2-1-3-8-17/h1-14H,15-16H2,(H,25,26)/b24-14-. The predicted octanol–water partition coefficient (Wildman–Crippen LogP) is 4.65. The fourth-order valence-corrected chi connectivity index (χ4v) is 3.07. The highest BCUT2D eigenvalue weighted by atomic mass is 32.2. The van der Waals surface area contributed by atoms with Crippen LogP contribution in [0.1, 0.15) is 11.1 Å². The van der Waals surface area contributed by atoms with E-state index in [0.29, 0.717) is 17.3 Å². The van der Waals surface area contributed by atoms with E-state index in [1.807, 2.05) is 54.6 Å². The molecule has 3 rings (SSSR count). The summed E-state index contributed by atoms with van der Waals surface area (Å²) in [5, 5.41) is 3.95. The van der Waals surface area contributed by atoms with E-state index in [2.05, 4.69) is 10.5 Å². The molecular weight excluding hydrogens is 375 g/mol. The topological polar surface area (TPSA) is 50.7 Å². The van der Waals surface area contributed by atoms with E-state index >= 15 is 0 Å². The Morgan fingerprint density at radius 2 is 1.82 bits per heavy atom. The van der Waals surface area contributed by atoms with Crippen molar-refractivity contribution in [3.63, 3.8) is 0 Å². The Labute approximate surface area is 167 Å². The number of hydrazone groups is 1. The van der Waals surface area contributed by atoms with Crippen LogP contribution in [0.15, 0.2) is 88.9 Å². The molecular formula is C22H19FN2O2S. The van der Waals surface area contributed by atoms with Gasteiger partial charge < -0.3 is 4.74 Å². The Bertz CT molecular complexity index is 948. The van der Waals surface area contributed by atoms with Crippen molar-refractivity contribution in [2.45, 2.75) is 11.5 Å². The molecule has 4 nitrogen and oxygen atoms in total. The van der Waals surface area contributed by atoms with Gasteiger partial charge in [0.15, 0.2) is 0 Å². The van der Waals surface area contributed by atoms with Crippen LogP contribution in [-0.4, -0.2) is 17.9 Å². The highest BCUT2D eigenvalue weighted by Crippen LogP contribution is 2.20. The van der Waals surface area contributed by atoms with Crippen molar-refractivity contribution in [3.05, 3.63) is 95.8 Å². The molecule has 3 aromatic carbocycles. The molecule has 0 bridgehead atoms. The zero-order valence-electron chi connectivity index (χ0n) is 15.0. The van der Waals surface area contributed by atoms with Crippen LogP contribution in [-0.2, 0) is 11.4 Å². The summed E-state index contributed by atoms with van der Waals surface area (Å²) >= 11 is 1.13. The summed E-state index contributed by atoms with van der Waals surface area (Å²) in [6.45, 7) is 0.478. The van der Waals surface area contributed by atoms with Gasteiger partial charge in [-0.05, 0) is 35.4 Å². The third-order valence-corrected chi connectivity index (χ3v) is 4.75. The summed E-state index contributed by atoms with van der Waals surface area (Å²) in [5.41, 5.74) is 4.33. The third-order valence-electron chi connectivity index (χ3n) is 3.70. The van der Waals surface area contributed by atoms with E-state index in [1.165, 1.54) is 6.07 Å². The SMILES string of the molecule is O=C(CSc1ccccc1F)N/N=C\c1cccc(OCc2ccccc2)c1. The maximum Gasteiger partial charge on any atom is 0.250 e. The summed E-state index contributed by atoms with van der Waals surface area (Å²) in [7, 11) is 0. The molecule has 28 heavy (non-hydrogen) atoms. The van der Waals surface area contributed by atoms with Crippen molar-refractivity contribution in [2.24, 2.45) is 5.10 Å². The van der Waals surface area contributed by atoms with E-state index in [1.54, 1.807) is 24.4 Å². The van der Waals surface area contributed by atoms with Gasteiger partial charge in [-0.15, -0.1) is 11.8 Å². The predicted molar refractivity (Wildman–Crippen MR) is 110 cm³/mol. The second kappa shape index (κ2) is 10.3. The van der Waals surface area contributed by atoms with Crippen LogP contribution in [0.5, 0.6) is 5.75 Å². The fraction of sp³-hybridized carbons (Fsp3) is 0.0909. The van der Waals surface area contributed by atoms with Crippen LogP contribution in [0, 0.1) is 5.82 Å². The lowest BCUT2D eigenvalue weighted by Gasteiger charge is -2.06. The lowest BCUT2D eigenvalue weighted by Crippen LogP contribution is -2.19. The molecule has 6 heteroatoms. The van der Waals surface area contributed by atoms with E-state index in [-0.39, 0.29) is 17.5 Å². The number of carbonyl (C=O) groups is 1. The normalized spacial score (nSPS) is 10.8. The van der Waals surface area contributed by atoms with Crippen LogP contribution in [0.25, 0.3) is 0 Å². The molecule has 0 unspecified atom stereocenters. The minimum atomic E-state index is -0.337. The van der Waals surface area contributed by atoms with Gasteiger partial charge in [0.1, 0.15) is 18.2 Å². The number of rotatable bonds is 8. The molecule has 0 aliphatic carbocycles. The molecule has 3 aromatic rings. The van der Waals surface area contributed by atoms with Gasteiger partial charge in [0.05, 0.1) is 12.0 Å². The van der Waals surface area contributed by atoms with Crippen LogP contribution in [0.4, 0.5) is 4.39 Å². The largest absolute Gasteiger partial charge is 0.489 e. The summed E-state index contributed by atoms with van der Waals surface area (Å²) in [4.78, 5) is 12.3. The maximum absolute atomic E-state index is 13.5. The average Bonchev–Trinajstić information content (AvgIpc) is 2.73. The van der Waals surface area contributed by atoms with Crippen LogP contribution >= 0.6 is 11.8 Å². The van der Waals surface area contributed by atoms with Gasteiger partial charge in [-0.2, -0.15) is 5.10 Å². The minimum absolute atomic E-state index is 0.0818. The monoisotopic (exact) mass is 394 g/mol. The highest BCUT2D eigenvalue weighted by molar-refractivity contribution is 8.00. The molecule has 0 radical (unpaired) electrons. The number of nitrogens with one attached hydrogen (secondary N) is 1. The van der Waals surface area contributed by atoms with E-state index in [0.717, 1.165) is 22.9 Å². The third kappa shape index (κ3) is 6.25. The van der Waals surface area contributed by atoms with Gasteiger partial charge in [0.25, 0.3) is 0 Å². The van der Waals surface area contributed by atoms with Crippen molar-refractivity contribution >= 4 is 23.9 Å². The molecule has 142 valence electrons. The molecule has 0 aromatic heterocycles. The van der Waals surface area contributed by atoms with Gasteiger partial charge in [0, 0.05) is 4.90 Å². The number of halogens is 1. The Morgan fingerprint density at radius 3 is 2.64 bits per heavy atom. The quantitative estimate of drug-likeness (QED) is 0.344. The summed E-state index contributed by atoms with van der Waals surface area (Å²) in [5.74, 6) is 0.157. The number of amides is 1. The first-order chi connectivity index (χ1) is 13.7. The summed E-state index contributed by atoms with van der Waals surface area (Å²) in [6, 6.07) is 23.7. The van der Waals surface area contributed by atoms with Crippen molar-refractivity contribution < 1.29 is 13.9 Å². The Kier molecular flexibility index (Phi) is 7.21. The lowest BCUT2D eigenvalue weighted by atomic mass is 10.2. The van der Waals surface area contributed by atoms with Crippen LogP contribution < -0.4 is 10.2 Å². The molecule has 1 N–H and O–H groups in total. The van der Waals surface area contributed by atoms with Gasteiger partial charge in [-0.25, -0.2) is 9.82 Å². The molecule has 0 heterocycles. The number of benzene rings is 3. The molecule has 0 aliphatic heterocycles. The highest BCUT2D eigenvalue weighted by Gasteiger charge is 2.05. The van der Waals surface area contributed by atoms with Crippen LogP contribution in [0.2, 0.25) is 0 Å². The number of ether oxygens (including phenoxy) is 1. The Hall–Kier alpha value is -3.12. The smallest absolute Gasteiger partial charge is 0.250 e. The van der Waals surface area contributed by atoms with Crippen molar-refractivity contribution in [3.8, 4) is 5.75 Å². The second-order valence-corrected chi connectivity index (χ2v) is 6.88. The minimum Gasteiger partial charge on any atom is -0.489 e.